The predicted octanol–water partition coefficient (Wildman–Crippen LogP) is 1.68. The van der Waals surface area contributed by atoms with Crippen LogP contribution in [0.3, 0.4) is 0 Å². The summed E-state index contributed by atoms with van der Waals surface area (Å²) in [5, 5.41) is 0. The van der Waals surface area contributed by atoms with Crippen LogP contribution in [-0.2, 0) is 4.74 Å². The first-order chi connectivity index (χ1) is 4.26. The van der Waals surface area contributed by atoms with E-state index in [0.29, 0.717) is 0 Å². The topological polar surface area (TPSA) is 9.23 Å². The molecule has 0 aromatic carbocycles. The van der Waals surface area contributed by atoms with Crippen molar-refractivity contribution < 1.29 is 4.74 Å². The third-order valence-electron chi connectivity index (χ3n) is 1.53. The van der Waals surface area contributed by atoms with Gasteiger partial charge in [0.1, 0.15) is 0 Å². The molecule has 2 unspecified atom stereocenters. The zero-order chi connectivity index (χ0) is 7.28. The second-order valence-electron chi connectivity index (χ2n) is 2.14. The van der Waals surface area contributed by atoms with Crippen molar-refractivity contribution in [2.45, 2.75) is 26.4 Å². The first-order valence-corrected chi connectivity index (χ1v) is 3.25. The third kappa shape index (κ3) is 2.53. The summed E-state index contributed by atoms with van der Waals surface area (Å²) in [5.41, 5.74) is 0. The Hall–Kier alpha value is -0.480. The van der Waals surface area contributed by atoms with E-state index in [-0.39, 0.29) is 12.0 Å². The molecule has 0 bridgehead atoms. The third-order valence-corrected chi connectivity index (χ3v) is 1.53. The molecule has 0 aromatic rings. The molecule has 0 fully saturated rings. The van der Waals surface area contributed by atoms with Crippen LogP contribution in [0.4, 0.5) is 0 Å². The van der Waals surface area contributed by atoms with Gasteiger partial charge in [0, 0.05) is 13.0 Å². The van der Waals surface area contributed by atoms with Gasteiger partial charge >= 0.3 is 0 Å². The molecule has 0 N–H and O–H groups in total. The Balaban J connectivity index is 3.67. The van der Waals surface area contributed by atoms with Crippen molar-refractivity contribution in [1.82, 2.24) is 0 Å². The van der Waals surface area contributed by atoms with Crippen LogP contribution in [-0.4, -0.2) is 13.2 Å². The van der Waals surface area contributed by atoms with Gasteiger partial charge in [-0.25, -0.2) is 0 Å². The maximum Gasteiger partial charge on any atom is 0.0703 e. The summed E-state index contributed by atoms with van der Waals surface area (Å²) >= 11 is 0. The molecule has 0 aromatic heterocycles. The van der Waals surface area contributed by atoms with E-state index in [2.05, 4.69) is 12.8 Å². The molecule has 0 aliphatic rings. The second-order valence-corrected chi connectivity index (χ2v) is 2.14. The number of rotatable bonds is 3. The van der Waals surface area contributed by atoms with Gasteiger partial charge in [-0.3, -0.25) is 0 Å². The van der Waals surface area contributed by atoms with Crippen molar-refractivity contribution in [2.75, 3.05) is 7.11 Å². The van der Waals surface area contributed by atoms with Crippen LogP contribution in [0, 0.1) is 18.3 Å². The van der Waals surface area contributed by atoms with Crippen LogP contribution in [0.2, 0.25) is 0 Å². The van der Waals surface area contributed by atoms with Crippen molar-refractivity contribution in [3.05, 3.63) is 0 Å². The SMILES string of the molecule is C#CC(C)C(CC)OC. The van der Waals surface area contributed by atoms with Crippen LogP contribution < -0.4 is 0 Å². The Morgan fingerprint density at radius 1 is 1.67 bits per heavy atom. The largest absolute Gasteiger partial charge is 0.380 e. The Morgan fingerprint density at radius 2 is 2.22 bits per heavy atom. The van der Waals surface area contributed by atoms with Gasteiger partial charge < -0.3 is 4.74 Å². The smallest absolute Gasteiger partial charge is 0.0703 e. The lowest BCUT2D eigenvalue weighted by Gasteiger charge is -2.15. The van der Waals surface area contributed by atoms with Gasteiger partial charge in [0.15, 0.2) is 0 Å². The molecule has 52 valence electrons. The lowest BCUT2D eigenvalue weighted by atomic mass is 10.0. The quantitative estimate of drug-likeness (QED) is 0.523. The van der Waals surface area contributed by atoms with E-state index in [1.165, 1.54) is 0 Å². The molecular weight excluding hydrogens is 112 g/mol. The van der Waals surface area contributed by atoms with Gasteiger partial charge in [0.25, 0.3) is 0 Å². The molecule has 0 heterocycles. The Kier molecular flexibility index (Phi) is 4.17. The Labute approximate surface area is 57.4 Å². The molecule has 1 nitrogen and oxygen atoms in total. The average Bonchev–Trinajstić information content (AvgIpc) is 1.90. The number of hydrogen-bond donors (Lipinski definition) is 0. The minimum atomic E-state index is 0.231. The molecule has 1 heteroatoms. The van der Waals surface area contributed by atoms with E-state index in [1.54, 1.807) is 7.11 Å². The molecule has 0 radical (unpaired) electrons. The number of hydrogen-bond acceptors (Lipinski definition) is 1. The lowest BCUT2D eigenvalue weighted by molar-refractivity contribution is 0.0743. The number of terminal acetylenes is 1. The molecule has 0 aliphatic heterocycles. The van der Waals surface area contributed by atoms with Crippen molar-refractivity contribution >= 4 is 0 Å². The first-order valence-electron chi connectivity index (χ1n) is 3.25. The maximum atomic E-state index is 5.19. The van der Waals surface area contributed by atoms with Crippen molar-refractivity contribution in [2.24, 2.45) is 5.92 Å². The van der Waals surface area contributed by atoms with Crippen LogP contribution in [0.25, 0.3) is 0 Å². The van der Waals surface area contributed by atoms with Gasteiger partial charge in [-0.05, 0) is 13.3 Å². The van der Waals surface area contributed by atoms with E-state index in [4.69, 9.17) is 11.2 Å². The van der Waals surface area contributed by atoms with E-state index >= 15 is 0 Å². The van der Waals surface area contributed by atoms with E-state index in [9.17, 15) is 0 Å². The fourth-order valence-corrected chi connectivity index (χ4v) is 0.832. The summed E-state index contributed by atoms with van der Waals surface area (Å²) < 4.78 is 5.11. The minimum Gasteiger partial charge on any atom is -0.380 e. The van der Waals surface area contributed by atoms with Gasteiger partial charge in [0.05, 0.1) is 6.10 Å². The monoisotopic (exact) mass is 126 g/mol. The first kappa shape index (κ1) is 8.52. The zero-order valence-corrected chi connectivity index (χ0v) is 6.35. The molecule has 9 heavy (non-hydrogen) atoms. The predicted molar refractivity (Wildman–Crippen MR) is 39.1 cm³/mol. The Morgan fingerprint density at radius 3 is 2.33 bits per heavy atom. The highest BCUT2D eigenvalue weighted by atomic mass is 16.5. The van der Waals surface area contributed by atoms with Crippen molar-refractivity contribution in [1.29, 1.82) is 0 Å². The second kappa shape index (κ2) is 4.40. The fraction of sp³-hybridized carbons (Fsp3) is 0.750. The highest BCUT2D eigenvalue weighted by molar-refractivity contribution is 4.94. The van der Waals surface area contributed by atoms with Gasteiger partial charge in [-0.2, -0.15) is 0 Å². The van der Waals surface area contributed by atoms with E-state index < -0.39 is 0 Å². The molecule has 0 aliphatic carbocycles. The van der Waals surface area contributed by atoms with E-state index in [0.717, 1.165) is 6.42 Å². The van der Waals surface area contributed by atoms with Crippen LogP contribution in [0.5, 0.6) is 0 Å². The summed E-state index contributed by atoms with van der Waals surface area (Å²) in [6.45, 7) is 4.07. The van der Waals surface area contributed by atoms with Gasteiger partial charge in [-0.15, -0.1) is 12.3 Å². The highest BCUT2D eigenvalue weighted by Crippen LogP contribution is 2.07. The summed E-state index contributed by atoms with van der Waals surface area (Å²) in [5.74, 6) is 2.88. The molecular formula is C8H14O. The maximum absolute atomic E-state index is 5.19. The Bertz CT molecular complexity index is 97.6. The molecule has 2 atom stereocenters. The molecule has 0 rings (SSSR count). The van der Waals surface area contributed by atoms with Gasteiger partial charge in [0.2, 0.25) is 0 Å². The minimum absolute atomic E-state index is 0.231. The number of ether oxygens (including phenoxy) is 1. The van der Waals surface area contributed by atoms with Crippen molar-refractivity contribution in [3.63, 3.8) is 0 Å². The molecule has 0 amide bonds. The summed E-state index contributed by atoms with van der Waals surface area (Å²) in [4.78, 5) is 0. The normalized spacial score (nSPS) is 16.2. The van der Waals surface area contributed by atoms with Gasteiger partial charge in [-0.1, -0.05) is 6.92 Å². The molecule has 0 saturated heterocycles. The van der Waals surface area contributed by atoms with Crippen molar-refractivity contribution in [3.8, 4) is 12.3 Å². The van der Waals surface area contributed by atoms with Crippen LogP contribution in [0.15, 0.2) is 0 Å². The molecule has 0 spiro atoms. The zero-order valence-electron chi connectivity index (χ0n) is 6.35. The summed E-state index contributed by atoms with van der Waals surface area (Å²) in [6, 6.07) is 0. The summed E-state index contributed by atoms with van der Waals surface area (Å²) in [7, 11) is 1.70. The van der Waals surface area contributed by atoms with Crippen LogP contribution in [0.1, 0.15) is 20.3 Å². The average molecular weight is 126 g/mol. The molecule has 0 saturated carbocycles. The summed E-state index contributed by atoms with van der Waals surface area (Å²) in [6.07, 6.45) is 6.41. The van der Waals surface area contributed by atoms with Crippen LogP contribution >= 0.6 is 0 Å². The van der Waals surface area contributed by atoms with E-state index in [1.807, 2.05) is 6.92 Å². The lowest BCUT2D eigenvalue weighted by Crippen LogP contribution is -2.17. The number of methoxy groups -OCH3 is 1. The standard InChI is InChI=1S/C8H14O/c1-5-7(3)8(6-2)9-4/h1,7-8H,6H2,2-4H3. The highest BCUT2D eigenvalue weighted by Gasteiger charge is 2.10. The fourth-order valence-electron chi connectivity index (χ4n) is 0.832.